The summed E-state index contributed by atoms with van der Waals surface area (Å²) in [7, 11) is 0. The molecule has 0 aliphatic carbocycles. The molecule has 0 spiro atoms. The molecule has 1 aromatic heterocycles. The number of para-hydroxylation sites is 1. The summed E-state index contributed by atoms with van der Waals surface area (Å²) >= 11 is 0. The maximum atomic E-state index is 12.5. The van der Waals surface area contributed by atoms with Gasteiger partial charge in [-0.05, 0) is 55.3 Å². The van der Waals surface area contributed by atoms with E-state index in [4.69, 9.17) is 9.15 Å². The van der Waals surface area contributed by atoms with Crippen molar-refractivity contribution in [2.75, 3.05) is 26.2 Å². The Balaban J connectivity index is 1.32. The largest absolute Gasteiger partial charge is 0.483 e. The number of carbonyl (C=O) groups excluding carboxylic acids is 1. The van der Waals surface area contributed by atoms with Crippen LogP contribution in [0.15, 0.2) is 77.4 Å². The highest BCUT2D eigenvalue weighted by molar-refractivity contribution is 5.77. The maximum absolute atomic E-state index is 12.5. The van der Waals surface area contributed by atoms with Crippen molar-refractivity contribution < 1.29 is 13.9 Å². The Kier molecular flexibility index (Phi) is 6.83. The minimum Gasteiger partial charge on any atom is -0.483 e. The molecule has 0 radical (unpaired) electrons. The van der Waals surface area contributed by atoms with Gasteiger partial charge in [0, 0.05) is 13.0 Å². The molecular weight excluding hydrogens is 376 g/mol. The van der Waals surface area contributed by atoms with E-state index in [9.17, 15) is 4.79 Å². The highest BCUT2D eigenvalue weighted by Crippen LogP contribution is 2.25. The van der Waals surface area contributed by atoms with Gasteiger partial charge < -0.3 is 14.5 Å². The minimum atomic E-state index is -0.125. The van der Waals surface area contributed by atoms with Gasteiger partial charge in [-0.3, -0.25) is 9.69 Å². The first-order valence-electron chi connectivity index (χ1n) is 10.6. The van der Waals surface area contributed by atoms with Crippen LogP contribution in [-0.4, -0.2) is 37.0 Å². The van der Waals surface area contributed by atoms with E-state index in [1.807, 2.05) is 54.6 Å². The Labute approximate surface area is 177 Å². The van der Waals surface area contributed by atoms with Crippen molar-refractivity contribution in [1.82, 2.24) is 10.2 Å². The smallest absolute Gasteiger partial charge is 0.258 e. The molecule has 1 fully saturated rings. The Morgan fingerprint density at radius 2 is 1.77 bits per heavy atom. The number of hydrogen-bond donors (Lipinski definition) is 1. The Hall–Kier alpha value is -3.05. The maximum Gasteiger partial charge on any atom is 0.258 e. The van der Waals surface area contributed by atoms with Crippen LogP contribution in [0.1, 0.15) is 35.8 Å². The van der Waals surface area contributed by atoms with E-state index in [1.54, 1.807) is 6.26 Å². The molecule has 3 aromatic rings. The van der Waals surface area contributed by atoms with E-state index >= 15 is 0 Å². The zero-order chi connectivity index (χ0) is 20.6. The lowest BCUT2D eigenvalue weighted by atomic mass is 10.0. The zero-order valence-corrected chi connectivity index (χ0v) is 17.1. The lowest BCUT2D eigenvalue weighted by molar-refractivity contribution is -0.123. The average Bonchev–Trinajstić information content (AvgIpc) is 3.49. The normalized spacial score (nSPS) is 15.1. The van der Waals surface area contributed by atoms with E-state index in [0.29, 0.717) is 6.54 Å². The third-order valence-corrected chi connectivity index (χ3v) is 5.51. The third-order valence-electron chi connectivity index (χ3n) is 5.51. The third kappa shape index (κ3) is 5.30. The van der Waals surface area contributed by atoms with Gasteiger partial charge in [-0.15, -0.1) is 0 Å². The van der Waals surface area contributed by atoms with Gasteiger partial charge in [-0.1, -0.05) is 48.5 Å². The summed E-state index contributed by atoms with van der Waals surface area (Å²) in [5, 5.41) is 3.02. The number of furan rings is 1. The standard InChI is InChI=1S/C25H28N2O3/c28-25(26-18-22(24-13-8-16-29-24)27-14-6-7-15-27)19-30-23-12-5-4-11-21(23)17-20-9-2-1-3-10-20/h1-5,8-13,16,22H,6-7,14-15,17-19H2,(H,26,28)/t22-/m0/s1. The SMILES string of the molecule is O=C(COc1ccccc1Cc1ccccc1)NC[C@@H](c1ccco1)N1CCCC1. The first-order chi connectivity index (χ1) is 14.8. The van der Waals surface area contributed by atoms with Crippen molar-refractivity contribution in [3.63, 3.8) is 0 Å². The van der Waals surface area contributed by atoms with Crippen molar-refractivity contribution in [2.45, 2.75) is 25.3 Å². The molecule has 2 heterocycles. The second kappa shape index (κ2) is 10.1. The second-order valence-corrected chi connectivity index (χ2v) is 7.64. The van der Waals surface area contributed by atoms with E-state index in [1.165, 1.54) is 18.4 Å². The van der Waals surface area contributed by atoms with E-state index in [0.717, 1.165) is 36.6 Å². The Morgan fingerprint density at radius 1 is 1.00 bits per heavy atom. The summed E-state index contributed by atoms with van der Waals surface area (Å²) in [4.78, 5) is 14.9. The molecule has 0 saturated carbocycles. The van der Waals surface area contributed by atoms with Crippen molar-refractivity contribution >= 4 is 5.91 Å². The van der Waals surface area contributed by atoms with Crippen LogP contribution in [0.3, 0.4) is 0 Å². The summed E-state index contributed by atoms with van der Waals surface area (Å²) in [5.41, 5.74) is 2.28. The van der Waals surface area contributed by atoms with Gasteiger partial charge in [0.25, 0.3) is 5.91 Å². The van der Waals surface area contributed by atoms with E-state index in [-0.39, 0.29) is 18.6 Å². The molecule has 0 unspecified atom stereocenters. The number of nitrogens with one attached hydrogen (secondary N) is 1. The second-order valence-electron chi connectivity index (χ2n) is 7.64. The van der Waals surface area contributed by atoms with Crippen LogP contribution in [0.5, 0.6) is 5.75 Å². The molecule has 30 heavy (non-hydrogen) atoms. The van der Waals surface area contributed by atoms with Crippen LogP contribution in [0.4, 0.5) is 0 Å². The molecule has 1 N–H and O–H groups in total. The Morgan fingerprint density at radius 3 is 2.53 bits per heavy atom. The first-order valence-corrected chi connectivity index (χ1v) is 10.6. The fraction of sp³-hybridized carbons (Fsp3) is 0.320. The van der Waals surface area contributed by atoms with Crippen LogP contribution in [0.2, 0.25) is 0 Å². The molecule has 1 atom stereocenters. The van der Waals surface area contributed by atoms with Crippen molar-refractivity contribution in [1.29, 1.82) is 0 Å². The van der Waals surface area contributed by atoms with Crippen molar-refractivity contribution in [3.05, 3.63) is 89.9 Å². The van der Waals surface area contributed by atoms with Crippen LogP contribution in [0.25, 0.3) is 0 Å². The molecule has 5 nitrogen and oxygen atoms in total. The number of amides is 1. The van der Waals surface area contributed by atoms with Crippen LogP contribution >= 0.6 is 0 Å². The summed E-state index contributed by atoms with van der Waals surface area (Å²) in [6.07, 6.45) is 4.83. The summed E-state index contributed by atoms with van der Waals surface area (Å²) < 4.78 is 11.5. The van der Waals surface area contributed by atoms with Crippen molar-refractivity contribution in [2.24, 2.45) is 0 Å². The number of ether oxygens (including phenoxy) is 1. The molecule has 156 valence electrons. The fourth-order valence-electron chi connectivity index (χ4n) is 3.96. The molecule has 1 aliphatic heterocycles. The monoisotopic (exact) mass is 404 g/mol. The molecule has 1 aliphatic rings. The number of benzene rings is 2. The summed E-state index contributed by atoms with van der Waals surface area (Å²) in [6.45, 7) is 2.58. The van der Waals surface area contributed by atoms with Crippen LogP contribution in [0, 0.1) is 0 Å². The van der Waals surface area contributed by atoms with Crippen LogP contribution in [-0.2, 0) is 11.2 Å². The van der Waals surface area contributed by atoms with Gasteiger partial charge in [-0.2, -0.15) is 0 Å². The number of likely N-dealkylation sites (tertiary alicyclic amines) is 1. The highest BCUT2D eigenvalue weighted by atomic mass is 16.5. The van der Waals surface area contributed by atoms with Crippen LogP contribution < -0.4 is 10.1 Å². The van der Waals surface area contributed by atoms with Gasteiger partial charge in [0.15, 0.2) is 6.61 Å². The van der Waals surface area contributed by atoms with E-state index in [2.05, 4.69) is 22.3 Å². The van der Waals surface area contributed by atoms with Crippen molar-refractivity contribution in [3.8, 4) is 5.75 Å². The average molecular weight is 405 g/mol. The molecule has 1 saturated heterocycles. The topological polar surface area (TPSA) is 54.7 Å². The fourth-order valence-corrected chi connectivity index (χ4v) is 3.96. The van der Waals surface area contributed by atoms with E-state index < -0.39 is 0 Å². The number of rotatable bonds is 9. The quantitative estimate of drug-likeness (QED) is 0.581. The molecule has 5 heteroatoms. The molecular formula is C25H28N2O3. The number of hydrogen-bond acceptors (Lipinski definition) is 4. The molecule has 1 amide bonds. The summed E-state index contributed by atoms with van der Waals surface area (Å²) in [5.74, 6) is 1.52. The summed E-state index contributed by atoms with van der Waals surface area (Å²) in [6, 6.07) is 22.1. The van der Waals surface area contributed by atoms with Gasteiger partial charge in [0.1, 0.15) is 11.5 Å². The predicted molar refractivity (Wildman–Crippen MR) is 116 cm³/mol. The Bertz CT molecular complexity index is 919. The number of carbonyl (C=O) groups is 1. The minimum absolute atomic E-state index is 0.00330. The van der Waals surface area contributed by atoms with Gasteiger partial charge in [0.2, 0.25) is 0 Å². The first kappa shape index (κ1) is 20.2. The predicted octanol–water partition coefficient (Wildman–Crippen LogP) is 4.20. The molecule has 4 rings (SSSR count). The van der Waals surface area contributed by atoms with Gasteiger partial charge in [-0.25, -0.2) is 0 Å². The van der Waals surface area contributed by atoms with Gasteiger partial charge in [0.05, 0.1) is 12.3 Å². The lowest BCUT2D eigenvalue weighted by Crippen LogP contribution is -2.38. The molecule has 0 bridgehead atoms. The zero-order valence-electron chi connectivity index (χ0n) is 17.1. The molecule has 2 aromatic carbocycles. The highest BCUT2D eigenvalue weighted by Gasteiger charge is 2.26. The number of nitrogens with zero attached hydrogens (tertiary/aromatic N) is 1. The van der Waals surface area contributed by atoms with Gasteiger partial charge >= 0.3 is 0 Å². The lowest BCUT2D eigenvalue weighted by Gasteiger charge is -2.26.